The number of hydrogen-bond donors (Lipinski definition) is 2. The second kappa shape index (κ2) is 5.26. The van der Waals surface area contributed by atoms with Crippen molar-refractivity contribution in [2.24, 2.45) is 0 Å². The molecule has 1 aliphatic heterocycles. The van der Waals surface area contributed by atoms with E-state index in [4.69, 9.17) is 0 Å². The number of benzene rings is 1. The highest BCUT2D eigenvalue weighted by atomic mass is 19.1. The van der Waals surface area contributed by atoms with Crippen molar-refractivity contribution in [3.05, 3.63) is 29.6 Å². The maximum Gasteiger partial charge on any atom is 0.324 e. The molecule has 0 radical (unpaired) electrons. The SMILES string of the molecule is Cc1ccc(NC(C)C(=O)N2CCNC2=O)cc1F. The zero-order chi connectivity index (χ0) is 14.0. The van der Waals surface area contributed by atoms with Gasteiger partial charge in [0.2, 0.25) is 0 Å². The molecule has 0 bridgehead atoms. The van der Waals surface area contributed by atoms with E-state index in [1.165, 1.54) is 6.07 Å². The van der Waals surface area contributed by atoms with Crippen LogP contribution in [0.3, 0.4) is 0 Å². The predicted molar refractivity (Wildman–Crippen MR) is 69.3 cm³/mol. The number of anilines is 1. The van der Waals surface area contributed by atoms with Gasteiger partial charge in [0.05, 0.1) is 0 Å². The summed E-state index contributed by atoms with van der Waals surface area (Å²) in [6.45, 7) is 4.15. The summed E-state index contributed by atoms with van der Waals surface area (Å²) >= 11 is 0. The third-order valence-electron chi connectivity index (χ3n) is 3.05. The van der Waals surface area contributed by atoms with Gasteiger partial charge in [-0.1, -0.05) is 6.07 Å². The Hall–Kier alpha value is -2.11. The molecule has 1 aromatic carbocycles. The maximum atomic E-state index is 13.4. The van der Waals surface area contributed by atoms with Gasteiger partial charge in [-0.3, -0.25) is 9.69 Å². The smallest absolute Gasteiger partial charge is 0.324 e. The lowest BCUT2D eigenvalue weighted by Gasteiger charge is -2.19. The normalized spacial score (nSPS) is 16.2. The Bertz CT molecular complexity index is 519. The molecule has 0 aromatic heterocycles. The summed E-state index contributed by atoms with van der Waals surface area (Å²) in [5, 5.41) is 5.46. The van der Waals surface area contributed by atoms with E-state index in [2.05, 4.69) is 10.6 Å². The number of amides is 3. The molecule has 0 spiro atoms. The Labute approximate surface area is 110 Å². The minimum absolute atomic E-state index is 0.323. The van der Waals surface area contributed by atoms with Gasteiger partial charge >= 0.3 is 6.03 Å². The highest BCUT2D eigenvalue weighted by Crippen LogP contribution is 2.15. The van der Waals surface area contributed by atoms with Crippen molar-refractivity contribution in [2.75, 3.05) is 18.4 Å². The summed E-state index contributed by atoms with van der Waals surface area (Å²) in [5.74, 6) is -0.653. The summed E-state index contributed by atoms with van der Waals surface area (Å²) in [6, 6.07) is 3.70. The lowest BCUT2D eigenvalue weighted by Crippen LogP contribution is -2.43. The van der Waals surface area contributed by atoms with Crippen LogP contribution in [-0.4, -0.2) is 36.0 Å². The minimum atomic E-state index is -0.592. The van der Waals surface area contributed by atoms with Crippen LogP contribution in [0.5, 0.6) is 0 Å². The van der Waals surface area contributed by atoms with Crippen LogP contribution in [0.2, 0.25) is 0 Å². The number of nitrogens with one attached hydrogen (secondary N) is 2. The van der Waals surface area contributed by atoms with E-state index in [0.29, 0.717) is 24.3 Å². The Morgan fingerprint density at radius 2 is 2.26 bits per heavy atom. The number of aryl methyl sites for hydroxylation is 1. The second-order valence-electron chi connectivity index (χ2n) is 4.55. The van der Waals surface area contributed by atoms with Gasteiger partial charge in [-0.2, -0.15) is 0 Å². The van der Waals surface area contributed by atoms with Gasteiger partial charge in [-0.15, -0.1) is 0 Å². The molecule has 1 heterocycles. The summed E-state index contributed by atoms with van der Waals surface area (Å²) < 4.78 is 13.4. The number of hydrogen-bond acceptors (Lipinski definition) is 3. The summed E-state index contributed by atoms with van der Waals surface area (Å²) in [6.07, 6.45) is 0. The third kappa shape index (κ3) is 2.83. The molecule has 0 aliphatic carbocycles. The van der Waals surface area contributed by atoms with E-state index in [0.717, 1.165) is 4.90 Å². The first-order valence-electron chi connectivity index (χ1n) is 6.11. The number of imide groups is 1. The molecule has 1 saturated heterocycles. The number of urea groups is 1. The molecule has 0 saturated carbocycles. The van der Waals surface area contributed by atoms with E-state index in [9.17, 15) is 14.0 Å². The lowest BCUT2D eigenvalue weighted by molar-refractivity contribution is -0.128. The maximum absolute atomic E-state index is 13.4. The predicted octanol–water partition coefficient (Wildman–Crippen LogP) is 1.49. The van der Waals surface area contributed by atoms with Gasteiger partial charge in [-0.25, -0.2) is 9.18 Å². The van der Waals surface area contributed by atoms with E-state index in [-0.39, 0.29) is 17.8 Å². The van der Waals surface area contributed by atoms with E-state index >= 15 is 0 Å². The molecule has 5 nitrogen and oxygen atoms in total. The molecule has 1 atom stereocenters. The average Bonchev–Trinajstić information content (AvgIpc) is 2.79. The Kier molecular flexibility index (Phi) is 3.69. The van der Waals surface area contributed by atoms with Crippen LogP contribution in [0, 0.1) is 12.7 Å². The van der Waals surface area contributed by atoms with Gasteiger partial charge in [0.15, 0.2) is 0 Å². The second-order valence-corrected chi connectivity index (χ2v) is 4.55. The van der Waals surface area contributed by atoms with E-state index in [1.807, 2.05) is 0 Å². The molecule has 1 aromatic rings. The van der Waals surface area contributed by atoms with E-state index < -0.39 is 6.04 Å². The molecule has 19 heavy (non-hydrogen) atoms. The first-order valence-corrected chi connectivity index (χ1v) is 6.11. The fourth-order valence-corrected chi connectivity index (χ4v) is 1.91. The molecular weight excluding hydrogens is 249 g/mol. The van der Waals surface area contributed by atoms with Crippen molar-refractivity contribution in [1.29, 1.82) is 0 Å². The van der Waals surface area contributed by atoms with Crippen LogP contribution in [0.25, 0.3) is 0 Å². The molecule has 6 heteroatoms. The van der Waals surface area contributed by atoms with E-state index in [1.54, 1.807) is 26.0 Å². The summed E-state index contributed by atoms with van der Waals surface area (Å²) in [7, 11) is 0. The fourth-order valence-electron chi connectivity index (χ4n) is 1.91. The number of nitrogens with zero attached hydrogens (tertiary/aromatic N) is 1. The van der Waals surface area contributed by atoms with Crippen molar-refractivity contribution >= 4 is 17.6 Å². The lowest BCUT2D eigenvalue weighted by atomic mass is 10.2. The quantitative estimate of drug-likeness (QED) is 0.870. The van der Waals surface area contributed by atoms with Gasteiger partial charge in [-0.05, 0) is 31.5 Å². The molecular formula is C13H16FN3O2. The first-order chi connectivity index (χ1) is 8.99. The number of carbonyl (C=O) groups excluding carboxylic acids is 2. The summed E-state index contributed by atoms with van der Waals surface area (Å²) in [4.78, 5) is 24.6. The van der Waals surface area contributed by atoms with Crippen LogP contribution in [0.15, 0.2) is 18.2 Å². The van der Waals surface area contributed by atoms with Crippen LogP contribution in [0.4, 0.5) is 14.9 Å². The molecule has 1 unspecified atom stereocenters. The van der Waals surface area contributed by atoms with Crippen molar-refractivity contribution in [3.63, 3.8) is 0 Å². The minimum Gasteiger partial charge on any atom is -0.374 e. The zero-order valence-electron chi connectivity index (χ0n) is 10.9. The van der Waals surface area contributed by atoms with Crippen LogP contribution < -0.4 is 10.6 Å². The highest BCUT2D eigenvalue weighted by Gasteiger charge is 2.29. The van der Waals surface area contributed by atoms with Crippen LogP contribution >= 0.6 is 0 Å². The largest absolute Gasteiger partial charge is 0.374 e. The van der Waals surface area contributed by atoms with Gasteiger partial charge in [0.25, 0.3) is 5.91 Å². The summed E-state index contributed by atoms with van der Waals surface area (Å²) in [5.41, 5.74) is 1.06. The van der Waals surface area contributed by atoms with Crippen molar-refractivity contribution < 1.29 is 14.0 Å². The molecule has 2 N–H and O–H groups in total. The van der Waals surface area contributed by atoms with Gasteiger partial charge in [0.1, 0.15) is 11.9 Å². The average molecular weight is 265 g/mol. The van der Waals surface area contributed by atoms with Crippen molar-refractivity contribution in [2.45, 2.75) is 19.9 Å². The van der Waals surface area contributed by atoms with Gasteiger partial charge < -0.3 is 10.6 Å². The number of halogens is 1. The fraction of sp³-hybridized carbons (Fsp3) is 0.385. The Morgan fingerprint density at radius 3 is 2.84 bits per heavy atom. The molecule has 1 aliphatic rings. The zero-order valence-corrected chi connectivity index (χ0v) is 10.9. The van der Waals surface area contributed by atoms with Gasteiger partial charge in [0, 0.05) is 18.8 Å². The third-order valence-corrected chi connectivity index (χ3v) is 3.05. The monoisotopic (exact) mass is 265 g/mol. The molecule has 3 amide bonds. The number of carbonyl (C=O) groups is 2. The first kappa shape index (κ1) is 13.3. The van der Waals surface area contributed by atoms with Crippen molar-refractivity contribution in [3.8, 4) is 0 Å². The Balaban J connectivity index is 2.03. The highest BCUT2D eigenvalue weighted by molar-refractivity contribution is 5.99. The van der Waals surface area contributed by atoms with Crippen LogP contribution in [-0.2, 0) is 4.79 Å². The van der Waals surface area contributed by atoms with Crippen molar-refractivity contribution in [1.82, 2.24) is 10.2 Å². The molecule has 2 rings (SSSR count). The topological polar surface area (TPSA) is 61.4 Å². The molecule has 102 valence electrons. The standard InChI is InChI=1S/C13H16FN3O2/c1-8-3-4-10(7-11(8)14)16-9(2)12(18)17-6-5-15-13(17)19/h3-4,7,9,16H,5-6H2,1-2H3,(H,15,19). The molecule has 1 fully saturated rings. The van der Waals surface area contributed by atoms with Crippen LogP contribution in [0.1, 0.15) is 12.5 Å². The Morgan fingerprint density at radius 1 is 1.53 bits per heavy atom. The number of rotatable bonds is 3.